The van der Waals surface area contributed by atoms with Crippen molar-refractivity contribution in [3.63, 3.8) is 0 Å². The lowest BCUT2D eigenvalue weighted by molar-refractivity contribution is 0.354. The summed E-state index contributed by atoms with van der Waals surface area (Å²) in [6.45, 7) is 4.38. The zero-order valence-corrected chi connectivity index (χ0v) is 11.1. The van der Waals surface area contributed by atoms with Crippen LogP contribution in [0.2, 0.25) is 0 Å². The van der Waals surface area contributed by atoms with Crippen molar-refractivity contribution in [3.05, 3.63) is 35.4 Å². The molecule has 94 valence electrons. The molecule has 0 spiro atoms. The van der Waals surface area contributed by atoms with Crippen molar-refractivity contribution in [2.45, 2.75) is 38.1 Å². The molecule has 1 atom stereocenters. The van der Waals surface area contributed by atoms with E-state index < -0.39 is 0 Å². The maximum Gasteiger partial charge on any atom is 0.0298 e. The van der Waals surface area contributed by atoms with Crippen molar-refractivity contribution in [2.75, 3.05) is 20.1 Å². The summed E-state index contributed by atoms with van der Waals surface area (Å²) >= 11 is 0. The van der Waals surface area contributed by atoms with E-state index in [2.05, 4.69) is 43.1 Å². The SMILES string of the molecule is CCc1ccc(CCC2(N)CCN(C)C2)cc1. The number of likely N-dealkylation sites (N-methyl/N-ethyl adjacent to an activating group) is 1. The Morgan fingerprint density at radius 2 is 1.88 bits per heavy atom. The maximum atomic E-state index is 6.41. The van der Waals surface area contributed by atoms with Crippen LogP contribution in [0.15, 0.2) is 24.3 Å². The lowest BCUT2D eigenvalue weighted by atomic mass is 9.91. The second kappa shape index (κ2) is 5.19. The van der Waals surface area contributed by atoms with Gasteiger partial charge in [0.2, 0.25) is 0 Å². The summed E-state index contributed by atoms with van der Waals surface area (Å²) in [6.07, 6.45) is 4.46. The number of benzene rings is 1. The van der Waals surface area contributed by atoms with Gasteiger partial charge in [0.15, 0.2) is 0 Å². The van der Waals surface area contributed by atoms with Gasteiger partial charge in [0.1, 0.15) is 0 Å². The highest BCUT2D eigenvalue weighted by Crippen LogP contribution is 2.23. The Hall–Kier alpha value is -0.860. The molecule has 1 saturated heterocycles. The molecule has 0 aromatic heterocycles. The van der Waals surface area contributed by atoms with Gasteiger partial charge < -0.3 is 10.6 Å². The monoisotopic (exact) mass is 232 g/mol. The lowest BCUT2D eigenvalue weighted by Crippen LogP contribution is -2.42. The van der Waals surface area contributed by atoms with E-state index in [9.17, 15) is 0 Å². The average Bonchev–Trinajstić information content (AvgIpc) is 2.68. The van der Waals surface area contributed by atoms with Crippen molar-refractivity contribution in [2.24, 2.45) is 5.73 Å². The van der Waals surface area contributed by atoms with Crippen LogP contribution in [0.4, 0.5) is 0 Å². The number of rotatable bonds is 4. The fourth-order valence-corrected chi connectivity index (χ4v) is 2.65. The molecule has 0 saturated carbocycles. The van der Waals surface area contributed by atoms with E-state index in [-0.39, 0.29) is 5.54 Å². The Labute approximate surface area is 105 Å². The molecule has 1 aromatic rings. The van der Waals surface area contributed by atoms with Gasteiger partial charge >= 0.3 is 0 Å². The highest BCUT2D eigenvalue weighted by molar-refractivity contribution is 5.22. The molecule has 2 heteroatoms. The van der Waals surface area contributed by atoms with Gasteiger partial charge in [0.25, 0.3) is 0 Å². The van der Waals surface area contributed by atoms with E-state index >= 15 is 0 Å². The summed E-state index contributed by atoms with van der Waals surface area (Å²) in [6, 6.07) is 8.97. The fourth-order valence-electron chi connectivity index (χ4n) is 2.65. The number of nitrogens with two attached hydrogens (primary N) is 1. The molecule has 0 bridgehead atoms. The third-order valence-corrected chi connectivity index (χ3v) is 3.92. The molecular formula is C15H24N2. The summed E-state index contributed by atoms with van der Waals surface area (Å²) in [7, 11) is 2.16. The molecule has 2 rings (SSSR count). The number of likely N-dealkylation sites (tertiary alicyclic amines) is 1. The van der Waals surface area contributed by atoms with Gasteiger partial charge in [-0.2, -0.15) is 0 Å². The van der Waals surface area contributed by atoms with Crippen molar-refractivity contribution < 1.29 is 0 Å². The van der Waals surface area contributed by atoms with Crippen LogP contribution >= 0.6 is 0 Å². The van der Waals surface area contributed by atoms with Gasteiger partial charge in [0, 0.05) is 12.1 Å². The van der Waals surface area contributed by atoms with Gasteiger partial charge in [-0.25, -0.2) is 0 Å². The van der Waals surface area contributed by atoms with Gasteiger partial charge in [-0.3, -0.25) is 0 Å². The van der Waals surface area contributed by atoms with Crippen molar-refractivity contribution in [3.8, 4) is 0 Å². The van der Waals surface area contributed by atoms with Crippen molar-refractivity contribution >= 4 is 0 Å². The van der Waals surface area contributed by atoms with E-state index in [4.69, 9.17) is 5.73 Å². The molecule has 1 fully saturated rings. The number of hydrogen-bond acceptors (Lipinski definition) is 2. The third-order valence-electron chi connectivity index (χ3n) is 3.92. The fraction of sp³-hybridized carbons (Fsp3) is 0.600. The summed E-state index contributed by atoms with van der Waals surface area (Å²) in [5.41, 5.74) is 9.28. The zero-order valence-electron chi connectivity index (χ0n) is 11.1. The molecular weight excluding hydrogens is 208 g/mol. The predicted molar refractivity (Wildman–Crippen MR) is 73.2 cm³/mol. The average molecular weight is 232 g/mol. The molecule has 1 heterocycles. The van der Waals surface area contributed by atoms with Gasteiger partial charge in [-0.05, 0) is 50.4 Å². The van der Waals surface area contributed by atoms with Crippen LogP contribution in [0.5, 0.6) is 0 Å². The first kappa shape index (κ1) is 12.6. The second-order valence-electron chi connectivity index (χ2n) is 5.52. The number of nitrogens with zero attached hydrogens (tertiary/aromatic N) is 1. The first-order chi connectivity index (χ1) is 8.11. The summed E-state index contributed by atoms with van der Waals surface area (Å²) in [4.78, 5) is 2.33. The molecule has 17 heavy (non-hydrogen) atoms. The first-order valence-electron chi connectivity index (χ1n) is 6.66. The Morgan fingerprint density at radius 1 is 1.24 bits per heavy atom. The summed E-state index contributed by atoms with van der Waals surface area (Å²) in [5, 5.41) is 0. The Morgan fingerprint density at radius 3 is 2.41 bits per heavy atom. The van der Waals surface area contributed by atoms with Crippen LogP contribution in [0, 0.1) is 0 Å². The largest absolute Gasteiger partial charge is 0.324 e. The summed E-state index contributed by atoms with van der Waals surface area (Å²) in [5.74, 6) is 0. The molecule has 2 nitrogen and oxygen atoms in total. The van der Waals surface area contributed by atoms with E-state index in [1.165, 1.54) is 11.1 Å². The molecule has 2 N–H and O–H groups in total. The first-order valence-corrected chi connectivity index (χ1v) is 6.66. The molecule has 1 aliphatic rings. The Bertz CT molecular complexity index is 358. The quantitative estimate of drug-likeness (QED) is 0.862. The minimum absolute atomic E-state index is 0.0399. The predicted octanol–water partition coefficient (Wildman–Crippen LogP) is 2.21. The topological polar surface area (TPSA) is 29.3 Å². The smallest absolute Gasteiger partial charge is 0.0298 e. The van der Waals surface area contributed by atoms with Gasteiger partial charge in [-0.1, -0.05) is 31.2 Å². The molecule has 1 unspecified atom stereocenters. The van der Waals surface area contributed by atoms with E-state index in [0.717, 1.165) is 38.8 Å². The van der Waals surface area contributed by atoms with Crippen molar-refractivity contribution in [1.29, 1.82) is 0 Å². The van der Waals surface area contributed by atoms with Crippen LogP contribution in [0.1, 0.15) is 30.9 Å². The van der Waals surface area contributed by atoms with Crippen LogP contribution in [0.25, 0.3) is 0 Å². The molecule has 1 aliphatic heterocycles. The van der Waals surface area contributed by atoms with Gasteiger partial charge in [0.05, 0.1) is 0 Å². The summed E-state index contributed by atoms with van der Waals surface area (Å²) < 4.78 is 0. The highest BCUT2D eigenvalue weighted by atomic mass is 15.2. The van der Waals surface area contributed by atoms with Crippen LogP contribution < -0.4 is 5.73 Å². The normalized spacial score (nSPS) is 25.4. The minimum Gasteiger partial charge on any atom is -0.324 e. The zero-order chi connectivity index (χ0) is 12.3. The van der Waals surface area contributed by atoms with Crippen LogP contribution in [-0.2, 0) is 12.8 Å². The molecule has 0 aliphatic carbocycles. The molecule has 0 amide bonds. The van der Waals surface area contributed by atoms with E-state index in [1.54, 1.807) is 0 Å². The highest BCUT2D eigenvalue weighted by Gasteiger charge is 2.31. The lowest BCUT2D eigenvalue weighted by Gasteiger charge is -2.23. The van der Waals surface area contributed by atoms with Crippen molar-refractivity contribution in [1.82, 2.24) is 4.90 Å². The maximum absolute atomic E-state index is 6.41. The van der Waals surface area contributed by atoms with E-state index in [1.807, 2.05) is 0 Å². The Balaban J connectivity index is 1.89. The van der Waals surface area contributed by atoms with E-state index in [0.29, 0.717) is 0 Å². The number of hydrogen-bond donors (Lipinski definition) is 1. The second-order valence-corrected chi connectivity index (χ2v) is 5.52. The van der Waals surface area contributed by atoms with Crippen LogP contribution in [-0.4, -0.2) is 30.6 Å². The van der Waals surface area contributed by atoms with Crippen LogP contribution in [0.3, 0.4) is 0 Å². The number of aryl methyl sites for hydroxylation is 2. The van der Waals surface area contributed by atoms with Gasteiger partial charge in [-0.15, -0.1) is 0 Å². The standard InChI is InChI=1S/C15H24N2/c1-3-13-4-6-14(7-5-13)8-9-15(16)10-11-17(2)12-15/h4-7H,3,8-12,16H2,1-2H3. The molecule has 1 aromatic carbocycles. The third kappa shape index (κ3) is 3.30. The Kier molecular flexibility index (Phi) is 3.85. The molecule has 0 radical (unpaired) electrons. The minimum atomic E-state index is 0.0399.